The van der Waals surface area contributed by atoms with Gasteiger partial charge in [0.05, 0.1) is 5.69 Å². The van der Waals surface area contributed by atoms with Crippen LogP contribution < -0.4 is 21.9 Å². The minimum Gasteiger partial charge on any atom is -0.401 e. The summed E-state index contributed by atoms with van der Waals surface area (Å²) in [6, 6.07) is 7.25. The molecular formula is C17H28N6O. The molecule has 1 fully saturated rings. The highest BCUT2D eigenvalue weighted by Crippen LogP contribution is 2.16. The Hall–Kier alpha value is -2.09. The van der Waals surface area contributed by atoms with E-state index in [4.69, 9.17) is 11.6 Å². The van der Waals surface area contributed by atoms with E-state index < -0.39 is 0 Å². The summed E-state index contributed by atoms with van der Waals surface area (Å²) in [5.74, 6) is 6.02. The van der Waals surface area contributed by atoms with Crippen LogP contribution in [0.3, 0.4) is 0 Å². The Morgan fingerprint density at radius 3 is 2.54 bits per heavy atom. The van der Waals surface area contributed by atoms with E-state index >= 15 is 0 Å². The third-order valence-electron chi connectivity index (χ3n) is 4.23. The van der Waals surface area contributed by atoms with Gasteiger partial charge in [0.1, 0.15) is 0 Å². The van der Waals surface area contributed by atoms with E-state index in [1.54, 1.807) is 18.3 Å². The second kappa shape index (κ2) is 9.27. The van der Waals surface area contributed by atoms with Crippen molar-refractivity contribution in [3.8, 4) is 0 Å². The van der Waals surface area contributed by atoms with Crippen molar-refractivity contribution >= 4 is 17.8 Å². The molecule has 1 aliphatic rings. The fourth-order valence-corrected chi connectivity index (χ4v) is 2.69. The zero-order chi connectivity index (χ0) is 17.4. The van der Waals surface area contributed by atoms with Gasteiger partial charge < -0.3 is 20.9 Å². The highest BCUT2D eigenvalue weighted by molar-refractivity contribution is 5.72. The molecule has 7 nitrogen and oxygen atoms in total. The van der Waals surface area contributed by atoms with Crippen LogP contribution in [-0.4, -0.2) is 56.0 Å². The number of nitrogens with two attached hydrogens (primary N) is 2. The number of benzene rings is 1. The molecule has 0 atom stereocenters. The Kier molecular flexibility index (Phi) is 7.05. The lowest BCUT2D eigenvalue weighted by molar-refractivity contribution is -0.105. The highest BCUT2D eigenvalue weighted by atomic mass is 16.1. The molecule has 0 bridgehead atoms. The average Bonchev–Trinajstić information content (AvgIpc) is 2.57. The van der Waals surface area contributed by atoms with Crippen LogP contribution in [0.25, 0.3) is 0 Å². The van der Waals surface area contributed by atoms with Gasteiger partial charge in [-0.3, -0.25) is 9.80 Å². The second-order valence-electron chi connectivity index (χ2n) is 6.17. The number of nitrogens with one attached hydrogen (secondary N) is 1. The Morgan fingerprint density at radius 2 is 1.92 bits per heavy atom. The van der Waals surface area contributed by atoms with Gasteiger partial charge in [-0.05, 0) is 50.7 Å². The second-order valence-corrected chi connectivity index (χ2v) is 6.17. The Labute approximate surface area is 143 Å². The number of nitrogens with zero attached hydrogens (tertiary/aromatic N) is 3. The molecule has 2 rings (SSSR count). The number of piperazine rings is 1. The third-order valence-corrected chi connectivity index (χ3v) is 4.23. The lowest BCUT2D eigenvalue weighted by Gasteiger charge is -2.32. The van der Waals surface area contributed by atoms with Crippen molar-refractivity contribution in [2.24, 2.45) is 11.6 Å². The summed E-state index contributed by atoms with van der Waals surface area (Å²) in [4.78, 5) is 15.2. The maximum Gasteiger partial charge on any atom is 0.211 e. The largest absolute Gasteiger partial charge is 0.401 e. The standard InChI is InChI=1S/C17H28N6O/c1-21-9-11-22(12-10-21)8-2-3-15(18)13-23(19)17-6-4-16(5-7-17)20-14-24/h4-7,13-14H,2-3,8-12,18-19H2,1H3,(H,20,24)/b15-13-. The first-order valence-corrected chi connectivity index (χ1v) is 8.30. The molecule has 1 aromatic rings. The number of carbonyl (C=O) groups excluding carboxylic acids is 1. The normalized spacial score (nSPS) is 16.8. The maximum absolute atomic E-state index is 10.4. The summed E-state index contributed by atoms with van der Waals surface area (Å²) >= 11 is 0. The number of allylic oxidation sites excluding steroid dienone is 1. The number of rotatable bonds is 8. The molecule has 132 valence electrons. The first kappa shape index (κ1) is 18.3. The molecule has 5 N–H and O–H groups in total. The summed E-state index contributed by atoms with van der Waals surface area (Å²) in [6.45, 7) is 5.60. The average molecular weight is 332 g/mol. The molecule has 1 aliphatic heterocycles. The molecule has 1 saturated heterocycles. The van der Waals surface area contributed by atoms with Gasteiger partial charge in [-0.1, -0.05) is 0 Å². The molecular weight excluding hydrogens is 304 g/mol. The molecule has 0 spiro atoms. The predicted octanol–water partition coefficient (Wildman–Crippen LogP) is 0.763. The van der Waals surface area contributed by atoms with Crippen LogP contribution >= 0.6 is 0 Å². The molecule has 0 aromatic heterocycles. The minimum absolute atomic E-state index is 0.646. The van der Waals surface area contributed by atoms with E-state index in [0.717, 1.165) is 62.6 Å². The van der Waals surface area contributed by atoms with Crippen LogP contribution in [-0.2, 0) is 4.79 Å². The Balaban J connectivity index is 1.76. The summed E-state index contributed by atoms with van der Waals surface area (Å²) in [5, 5.41) is 4.10. The molecule has 1 aromatic carbocycles. The smallest absolute Gasteiger partial charge is 0.211 e. The van der Waals surface area contributed by atoms with E-state index in [1.165, 1.54) is 5.01 Å². The van der Waals surface area contributed by atoms with Crippen molar-refractivity contribution in [2.75, 3.05) is 50.1 Å². The quantitative estimate of drug-likeness (QED) is 0.370. The van der Waals surface area contributed by atoms with Gasteiger partial charge in [-0.25, -0.2) is 5.84 Å². The summed E-state index contributed by atoms with van der Waals surface area (Å²) in [7, 11) is 2.16. The van der Waals surface area contributed by atoms with Crippen molar-refractivity contribution in [1.29, 1.82) is 0 Å². The highest BCUT2D eigenvalue weighted by Gasteiger charge is 2.12. The van der Waals surface area contributed by atoms with Gasteiger partial charge in [0, 0.05) is 43.8 Å². The minimum atomic E-state index is 0.646. The van der Waals surface area contributed by atoms with E-state index in [0.29, 0.717) is 6.41 Å². The van der Waals surface area contributed by atoms with Gasteiger partial charge in [0.25, 0.3) is 0 Å². The first-order valence-electron chi connectivity index (χ1n) is 8.30. The van der Waals surface area contributed by atoms with E-state index in [2.05, 4.69) is 22.2 Å². The van der Waals surface area contributed by atoms with Crippen molar-refractivity contribution in [3.05, 3.63) is 36.2 Å². The van der Waals surface area contributed by atoms with Gasteiger partial charge in [-0.2, -0.15) is 0 Å². The Morgan fingerprint density at radius 1 is 1.25 bits per heavy atom. The van der Waals surface area contributed by atoms with Crippen molar-refractivity contribution in [1.82, 2.24) is 9.80 Å². The fourth-order valence-electron chi connectivity index (χ4n) is 2.69. The number of hydrogen-bond acceptors (Lipinski definition) is 6. The third kappa shape index (κ3) is 5.84. The SMILES string of the molecule is CN1CCN(CCC/C(N)=C/N(N)c2ccc(NC=O)cc2)CC1. The molecule has 7 heteroatoms. The van der Waals surface area contributed by atoms with Crippen molar-refractivity contribution < 1.29 is 4.79 Å². The summed E-state index contributed by atoms with van der Waals surface area (Å²) < 4.78 is 0. The lowest BCUT2D eigenvalue weighted by Crippen LogP contribution is -2.44. The zero-order valence-corrected chi connectivity index (χ0v) is 14.3. The number of hydrogen-bond donors (Lipinski definition) is 3. The first-order chi connectivity index (χ1) is 11.6. The lowest BCUT2D eigenvalue weighted by atomic mass is 10.2. The predicted molar refractivity (Wildman–Crippen MR) is 98.2 cm³/mol. The molecule has 1 heterocycles. The molecule has 0 radical (unpaired) electrons. The van der Waals surface area contributed by atoms with E-state index in [9.17, 15) is 4.79 Å². The van der Waals surface area contributed by atoms with Crippen molar-refractivity contribution in [3.63, 3.8) is 0 Å². The van der Waals surface area contributed by atoms with Crippen LogP contribution in [0.5, 0.6) is 0 Å². The van der Waals surface area contributed by atoms with Crippen LogP contribution in [0, 0.1) is 0 Å². The van der Waals surface area contributed by atoms with Crippen LogP contribution in [0.1, 0.15) is 12.8 Å². The molecule has 0 aliphatic carbocycles. The fraction of sp³-hybridized carbons (Fsp3) is 0.471. The van der Waals surface area contributed by atoms with Crippen molar-refractivity contribution in [2.45, 2.75) is 12.8 Å². The number of carbonyl (C=O) groups is 1. The van der Waals surface area contributed by atoms with Gasteiger partial charge in [0.15, 0.2) is 0 Å². The monoisotopic (exact) mass is 332 g/mol. The Bertz CT molecular complexity index is 537. The maximum atomic E-state index is 10.4. The summed E-state index contributed by atoms with van der Waals surface area (Å²) in [6.07, 6.45) is 4.26. The number of amides is 1. The van der Waals surface area contributed by atoms with Crippen LogP contribution in [0.4, 0.5) is 11.4 Å². The number of anilines is 2. The summed E-state index contributed by atoms with van der Waals surface area (Å²) in [5.41, 5.74) is 8.39. The van der Waals surface area contributed by atoms with Gasteiger partial charge in [-0.15, -0.1) is 0 Å². The topological polar surface area (TPSA) is 90.9 Å². The molecule has 0 saturated carbocycles. The molecule has 0 unspecified atom stereocenters. The van der Waals surface area contributed by atoms with Crippen LogP contribution in [0.15, 0.2) is 36.2 Å². The van der Waals surface area contributed by atoms with E-state index in [1.807, 2.05) is 12.1 Å². The molecule has 24 heavy (non-hydrogen) atoms. The number of likely N-dealkylation sites (N-methyl/N-ethyl adjacent to an activating group) is 1. The zero-order valence-electron chi connectivity index (χ0n) is 14.3. The van der Waals surface area contributed by atoms with Gasteiger partial charge >= 0.3 is 0 Å². The molecule has 1 amide bonds. The van der Waals surface area contributed by atoms with Crippen LogP contribution in [0.2, 0.25) is 0 Å². The van der Waals surface area contributed by atoms with Gasteiger partial charge in [0.2, 0.25) is 6.41 Å². The van der Waals surface area contributed by atoms with E-state index in [-0.39, 0.29) is 0 Å². The number of hydrazine groups is 1.